The first-order valence-corrected chi connectivity index (χ1v) is 3.79. The highest BCUT2D eigenvalue weighted by atomic mass is 16.3. The SMILES string of the molecule is OC1(N2CCCC2)CC1. The van der Waals surface area contributed by atoms with Crippen LogP contribution in [0, 0.1) is 0 Å². The van der Waals surface area contributed by atoms with Crippen molar-refractivity contribution in [3.05, 3.63) is 0 Å². The second kappa shape index (κ2) is 1.70. The number of hydrogen-bond acceptors (Lipinski definition) is 2. The first kappa shape index (κ1) is 5.69. The average Bonchev–Trinajstić information content (AvgIpc) is 2.46. The molecule has 2 aliphatic rings. The summed E-state index contributed by atoms with van der Waals surface area (Å²) in [6, 6.07) is 0. The van der Waals surface area contributed by atoms with Gasteiger partial charge in [0, 0.05) is 13.1 Å². The molecular weight excluding hydrogens is 114 g/mol. The fourth-order valence-electron chi connectivity index (χ4n) is 1.56. The van der Waals surface area contributed by atoms with Gasteiger partial charge in [0.25, 0.3) is 0 Å². The minimum Gasteiger partial charge on any atom is -0.376 e. The summed E-state index contributed by atoms with van der Waals surface area (Å²) < 4.78 is 0. The largest absolute Gasteiger partial charge is 0.376 e. The maximum absolute atomic E-state index is 9.55. The molecule has 0 bridgehead atoms. The molecule has 1 aliphatic heterocycles. The van der Waals surface area contributed by atoms with Crippen LogP contribution in [0.1, 0.15) is 25.7 Å². The van der Waals surface area contributed by atoms with E-state index < -0.39 is 0 Å². The van der Waals surface area contributed by atoms with E-state index in [9.17, 15) is 5.11 Å². The molecule has 1 heterocycles. The fraction of sp³-hybridized carbons (Fsp3) is 1.00. The van der Waals surface area contributed by atoms with Crippen LogP contribution in [0.2, 0.25) is 0 Å². The summed E-state index contributed by atoms with van der Waals surface area (Å²) >= 11 is 0. The topological polar surface area (TPSA) is 23.5 Å². The summed E-state index contributed by atoms with van der Waals surface area (Å²) in [6.07, 6.45) is 4.57. The Morgan fingerprint density at radius 3 is 2.11 bits per heavy atom. The van der Waals surface area contributed by atoms with Crippen molar-refractivity contribution in [3.63, 3.8) is 0 Å². The van der Waals surface area contributed by atoms with Crippen LogP contribution in [0.5, 0.6) is 0 Å². The van der Waals surface area contributed by atoms with E-state index in [0.29, 0.717) is 0 Å². The van der Waals surface area contributed by atoms with Crippen LogP contribution in [0.15, 0.2) is 0 Å². The molecule has 0 aromatic rings. The van der Waals surface area contributed by atoms with Gasteiger partial charge < -0.3 is 5.11 Å². The van der Waals surface area contributed by atoms with Crippen LogP contribution in [0.3, 0.4) is 0 Å². The Labute approximate surface area is 55.5 Å². The highest BCUT2D eigenvalue weighted by Crippen LogP contribution is 2.40. The quantitative estimate of drug-likeness (QED) is 0.556. The first-order chi connectivity index (χ1) is 4.31. The molecule has 9 heavy (non-hydrogen) atoms. The van der Waals surface area contributed by atoms with Crippen LogP contribution in [-0.2, 0) is 0 Å². The summed E-state index contributed by atoms with van der Waals surface area (Å²) in [7, 11) is 0. The molecule has 52 valence electrons. The zero-order valence-electron chi connectivity index (χ0n) is 5.64. The monoisotopic (exact) mass is 127 g/mol. The lowest BCUT2D eigenvalue weighted by atomic mass is 10.4. The number of rotatable bonds is 1. The van der Waals surface area contributed by atoms with Crippen molar-refractivity contribution in [1.29, 1.82) is 0 Å². The van der Waals surface area contributed by atoms with Gasteiger partial charge in [0.15, 0.2) is 0 Å². The van der Waals surface area contributed by atoms with Crippen molar-refractivity contribution in [2.24, 2.45) is 0 Å². The molecule has 0 aromatic heterocycles. The van der Waals surface area contributed by atoms with E-state index in [0.717, 1.165) is 25.9 Å². The van der Waals surface area contributed by atoms with Gasteiger partial charge in [0.2, 0.25) is 0 Å². The van der Waals surface area contributed by atoms with Crippen LogP contribution in [0.4, 0.5) is 0 Å². The Morgan fingerprint density at radius 1 is 1.11 bits per heavy atom. The third kappa shape index (κ3) is 0.864. The summed E-state index contributed by atoms with van der Waals surface area (Å²) in [4.78, 5) is 2.22. The molecule has 2 rings (SSSR count). The van der Waals surface area contributed by atoms with E-state index in [1.807, 2.05) is 0 Å². The number of aliphatic hydroxyl groups is 1. The predicted octanol–water partition coefficient (Wildman–Crippen LogP) is 0.565. The van der Waals surface area contributed by atoms with Gasteiger partial charge in [-0.25, -0.2) is 0 Å². The molecule has 1 saturated heterocycles. The summed E-state index contributed by atoms with van der Waals surface area (Å²) in [5.74, 6) is 0. The zero-order chi connectivity index (χ0) is 6.32. The van der Waals surface area contributed by atoms with Gasteiger partial charge in [0.1, 0.15) is 5.72 Å². The van der Waals surface area contributed by atoms with Crippen molar-refractivity contribution in [1.82, 2.24) is 4.90 Å². The molecule has 0 amide bonds. The summed E-state index contributed by atoms with van der Waals surface area (Å²) in [5.41, 5.74) is -0.337. The Morgan fingerprint density at radius 2 is 1.67 bits per heavy atom. The molecule has 1 saturated carbocycles. The van der Waals surface area contributed by atoms with E-state index in [2.05, 4.69) is 4.90 Å². The van der Waals surface area contributed by atoms with Gasteiger partial charge in [-0.05, 0) is 25.7 Å². The standard InChI is InChI=1S/C7H13NO/c9-7(3-4-7)8-5-1-2-6-8/h9H,1-6H2. The van der Waals surface area contributed by atoms with Crippen molar-refractivity contribution in [2.45, 2.75) is 31.4 Å². The molecule has 0 atom stereocenters. The molecule has 0 radical (unpaired) electrons. The lowest BCUT2D eigenvalue weighted by Gasteiger charge is -2.20. The third-order valence-corrected chi connectivity index (χ3v) is 2.39. The van der Waals surface area contributed by atoms with E-state index in [4.69, 9.17) is 0 Å². The predicted molar refractivity (Wildman–Crippen MR) is 35.0 cm³/mol. The zero-order valence-corrected chi connectivity index (χ0v) is 5.64. The van der Waals surface area contributed by atoms with E-state index >= 15 is 0 Å². The number of likely N-dealkylation sites (tertiary alicyclic amines) is 1. The van der Waals surface area contributed by atoms with Crippen LogP contribution in [0.25, 0.3) is 0 Å². The molecule has 0 aromatic carbocycles. The second-order valence-electron chi connectivity index (χ2n) is 3.18. The first-order valence-electron chi connectivity index (χ1n) is 3.79. The Balaban J connectivity index is 1.97. The van der Waals surface area contributed by atoms with E-state index in [-0.39, 0.29) is 5.72 Å². The van der Waals surface area contributed by atoms with Gasteiger partial charge in [-0.3, -0.25) is 4.90 Å². The minimum absolute atomic E-state index is 0.337. The lowest BCUT2D eigenvalue weighted by Crippen LogP contribution is -2.34. The van der Waals surface area contributed by atoms with Gasteiger partial charge >= 0.3 is 0 Å². The van der Waals surface area contributed by atoms with Crippen LogP contribution < -0.4 is 0 Å². The smallest absolute Gasteiger partial charge is 0.118 e. The van der Waals surface area contributed by atoms with Crippen LogP contribution >= 0.6 is 0 Å². The minimum atomic E-state index is -0.337. The Hall–Kier alpha value is -0.0800. The number of nitrogens with zero attached hydrogens (tertiary/aromatic N) is 1. The fourth-order valence-corrected chi connectivity index (χ4v) is 1.56. The van der Waals surface area contributed by atoms with E-state index in [1.54, 1.807) is 0 Å². The molecule has 2 nitrogen and oxygen atoms in total. The Kier molecular flexibility index (Phi) is 1.08. The third-order valence-electron chi connectivity index (χ3n) is 2.39. The summed E-state index contributed by atoms with van der Waals surface area (Å²) in [5, 5.41) is 9.55. The summed E-state index contributed by atoms with van der Waals surface area (Å²) in [6.45, 7) is 2.24. The maximum Gasteiger partial charge on any atom is 0.118 e. The molecular formula is C7H13NO. The number of hydrogen-bond donors (Lipinski definition) is 1. The average molecular weight is 127 g/mol. The molecule has 1 aliphatic carbocycles. The second-order valence-corrected chi connectivity index (χ2v) is 3.18. The Bertz CT molecular complexity index is 114. The van der Waals surface area contributed by atoms with Crippen LogP contribution in [-0.4, -0.2) is 28.8 Å². The lowest BCUT2D eigenvalue weighted by molar-refractivity contribution is -0.00556. The van der Waals surface area contributed by atoms with Gasteiger partial charge in [-0.15, -0.1) is 0 Å². The molecule has 1 N–H and O–H groups in total. The van der Waals surface area contributed by atoms with Gasteiger partial charge in [0.05, 0.1) is 0 Å². The van der Waals surface area contributed by atoms with Crippen molar-refractivity contribution in [2.75, 3.05) is 13.1 Å². The molecule has 0 spiro atoms. The molecule has 2 heteroatoms. The van der Waals surface area contributed by atoms with Crippen molar-refractivity contribution < 1.29 is 5.11 Å². The molecule has 0 unspecified atom stereocenters. The highest BCUT2D eigenvalue weighted by Gasteiger charge is 2.46. The normalized spacial score (nSPS) is 33.0. The van der Waals surface area contributed by atoms with Crippen molar-refractivity contribution >= 4 is 0 Å². The van der Waals surface area contributed by atoms with Crippen molar-refractivity contribution in [3.8, 4) is 0 Å². The van der Waals surface area contributed by atoms with Gasteiger partial charge in [-0.2, -0.15) is 0 Å². The van der Waals surface area contributed by atoms with Gasteiger partial charge in [-0.1, -0.05) is 0 Å². The molecule has 2 fully saturated rings. The van der Waals surface area contributed by atoms with E-state index in [1.165, 1.54) is 12.8 Å². The highest BCUT2D eigenvalue weighted by molar-refractivity contribution is 4.94. The maximum atomic E-state index is 9.55.